The largest absolute Gasteiger partial charge is 0.354 e. The first-order chi connectivity index (χ1) is 14.2. The predicted octanol–water partition coefficient (Wildman–Crippen LogP) is 2.30. The van der Waals surface area contributed by atoms with Crippen molar-refractivity contribution in [3.05, 3.63) is 65.0 Å². The van der Waals surface area contributed by atoms with Crippen LogP contribution < -0.4 is 10.6 Å². The second-order valence-electron chi connectivity index (χ2n) is 6.90. The zero-order chi connectivity index (χ0) is 20.5. The topological polar surface area (TPSA) is 89.6 Å². The molecule has 0 spiro atoms. The number of aromatic nitrogens is 1. The molecule has 0 radical (unpaired) electrons. The van der Waals surface area contributed by atoms with Crippen molar-refractivity contribution in [1.82, 2.24) is 15.6 Å². The summed E-state index contributed by atoms with van der Waals surface area (Å²) >= 11 is 0. The van der Waals surface area contributed by atoms with Crippen molar-refractivity contribution < 1.29 is 19.1 Å². The molecule has 0 aliphatic carbocycles. The van der Waals surface area contributed by atoms with Crippen LogP contribution in [0.15, 0.2) is 42.5 Å². The van der Waals surface area contributed by atoms with Gasteiger partial charge in [0.1, 0.15) is 5.69 Å². The van der Waals surface area contributed by atoms with Crippen molar-refractivity contribution in [2.24, 2.45) is 0 Å². The van der Waals surface area contributed by atoms with Gasteiger partial charge in [0.25, 0.3) is 11.8 Å². The highest BCUT2D eigenvalue weighted by Crippen LogP contribution is 2.13. The van der Waals surface area contributed by atoms with Crippen molar-refractivity contribution >= 4 is 11.8 Å². The average molecular weight is 397 g/mol. The summed E-state index contributed by atoms with van der Waals surface area (Å²) in [7, 11) is 1.54. The quantitative estimate of drug-likeness (QED) is 0.667. The van der Waals surface area contributed by atoms with Crippen molar-refractivity contribution in [3.8, 4) is 0 Å². The second-order valence-corrected chi connectivity index (χ2v) is 6.90. The fraction of sp³-hybridized carbons (Fsp3) is 0.409. The fourth-order valence-electron chi connectivity index (χ4n) is 3.13. The van der Waals surface area contributed by atoms with Gasteiger partial charge in [-0.2, -0.15) is 0 Å². The van der Waals surface area contributed by atoms with Crippen LogP contribution >= 0.6 is 0 Å². The summed E-state index contributed by atoms with van der Waals surface area (Å²) in [6.45, 7) is 1.95. The third-order valence-corrected chi connectivity index (χ3v) is 4.63. The number of rotatable bonds is 8. The van der Waals surface area contributed by atoms with Gasteiger partial charge in [-0.05, 0) is 30.5 Å². The van der Waals surface area contributed by atoms with E-state index in [0.717, 1.165) is 38.0 Å². The zero-order valence-corrected chi connectivity index (χ0v) is 16.6. The highest BCUT2D eigenvalue weighted by molar-refractivity contribution is 5.98. The highest BCUT2D eigenvalue weighted by Gasteiger charge is 2.16. The Kier molecular flexibility index (Phi) is 7.72. The smallest absolute Gasteiger partial charge is 0.269 e. The highest BCUT2D eigenvalue weighted by atomic mass is 16.7. The molecular weight excluding hydrogens is 370 g/mol. The molecule has 1 aliphatic rings. The fourth-order valence-corrected chi connectivity index (χ4v) is 3.13. The van der Waals surface area contributed by atoms with Gasteiger partial charge in [-0.25, -0.2) is 4.98 Å². The van der Waals surface area contributed by atoms with Crippen LogP contribution in [-0.2, 0) is 15.9 Å². The van der Waals surface area contributed by atoms with E-state index in [1.54, 1.807) is 13.1 Å². The minimum Gasteiger partial charge on any atom is -0.354 e. The van der Waals surface area contributed by atoms with E-state index < -0.39 is 0 Å². The van der Waals surface area contributed by atoms with Gasteiger partial charge in [0.2, 0.25) is 0 Å². The Labute approximate surface area is 170 Å². The van der Waals surface area contributed by atoms with E-state index in [2.05, 4.69) is 15.6 Å². The second kappa shape index (κ2) is 10.7. The molecular formula is C22H27N3O4. The van der Waals surface area contributed by atoms with Crippen molar-refractivity contribution in [3.63, 3.8) is 0 Å². The molecule has 2 aromatic rings. The first kappa shape index (κ1) is 21.0. The summed E-state index contributed by atoms with van der Waals surface area (Å²) in [6, 6.07) is 13.1. The molecule has 7 nitrogen and oxygen atoms in total. The molecule has 2 heterocycles. The number of pyridine rings is 1. The molecule has 0 unspecified atom stereocenters. The minimum absolute atomic E-state index is 0.182. The lowest BCUT2D eigenvalue weighted by atomic mass is 10.1. The number of hydrogen-bond acceptors (Lipinski definition) is 5. The van der Waals surface area contributed by atoms with Gasteiger partial charge < -0.3 is 20.1 Å². The molecule has 0 atom stereocenters. The number of ether oxygens (including phenoxy) is 2. The van der Waals surface area contributed by atoms with Gasteiger partial charge >= 0.3 is 0 Å². The van der Waals surface area contributed by atoms with Gasteiger partial charge in [0, 0.05) is 37.7 Å². The van der Waals surface area contributed by atoms with E-state index in [-0.39, 0.29) is 23.8 Å². The zero-order valence-electron chi connectivity index (χ0n) is 16.6. The molecule has 7 heteroatoms. The van der Waals surface area contributed by atoms with Crippen molar-refractivity contribution in [2.75, 3.05) is 26.8 Å². The van der Waals surface area contributed by atoms with E-state index >= 15 is 0 Å². The van der Waals surface area contributed by atoms with E-state index in [4.69, 9.17) is 9.47 Å². The summed E-state index contributed by atoms with van der Waals surface area (Å²) in [5.41, 5.74) is 2.39. The number of benzene rings is 1. The number of amides is 2. The van der Waals surface area contributed by atoms with Gasteiger partial charge in [-0.15, -0.1) is 0 Å². The number of carbonyl (C=O) groups is 2. The molecule has 29 heavy (non-hydrogen) atoms. The average Bonchev–Trinajstić information content (AvgIpc) is 2.77. The van der Waals surface area contributed by atoms with Gasteiger partial charge in [-0.1, -0.05) is 30.3 Å². The molecule has 154 valence electrons. The number of carbonyl (C=O) groups excluding carboxylic acids is 2. The van der Waals surface area contributed by atoms with E-state index in [0.29, 0.717) is 24.2 Å². The lowest BCUT2D eigenvalue weighted by Gasteiger charge is -2.23. The maximum Gasteiger partial charge on any atom is 0.269 e. The number of nitrogens with zero attached hydrogens (tertiary/aromatic N) is 1. The Morgan fingerprint density at radius 3 is 2.59 bits per heavy atom. The first-order valence-electron chi connectivity index (χ1n) is 9.94. The van der Waals surface area contributed by atoms with Crippen LogP contribution in [0.1, 0.15) is 51.4 Å². The molecule has 1 aliphatic heterocycles. The summed E-state index contributed by atoms with van der Waals surface area (Å²) in [5.74, 6) is -0.544. The summed E-state index contributed by atoms with van der Waals surface area (Å²) < 4.78 is 11.0. The van der Waals surface area contributed by atoms with Crippen LogP contribution in [0.5, 0.6) is 0 Å². The molecule has 2 amide bonds. The predicted molar refractivity (Wildman–Crippen MR) is 109 cm³/mol. The molecule has 1 aromatic heterocycles. The standard InChI is InChI=1S/C22H27N3O4/c1-23-22(27)19-15-17(14-18(25-19)13-16-7-3-2-4-8-16)21(26)24-10-5-9-20-28-11-6-12-29-20/h2-4,7-8,14-15,20H,5-6,9-13H2,1H3,(H,23,27)(H,24,26). The molecule has 1 aromatic carbocycles. The first-order valence-corrected chi connectivity index (χ1v) is 9.94. The Bertz CT molecular complexity index is 820. The van der Waals surface area contributed by atoms with Gasteiger partial charge in [0.15, 0.2) is 6.29 Å². The molecule has 0 bridgehead atoms. The maximum absolute atomic E-state index is 12.6. The van der Waals surface area contributed by atoms with Crippen LogP contribution in [0.3, 0.4) is 0 Å². The molecule has 3 rings (SSSR count). The van der Waals surface area contributed by atoms with Crippen LogP contribution in [0.4, 0.5) is 0 Å². The summed E-state index contributed by atoms with van der Waals surface area (Å²) in [6.07, 6.45) is 2.77. The Morgan fingerprint density at radius 1 is 1.10 bits per heavy atom. The molecule has 1 fully saturated rings. The Morgan fingerprint density at radius 2 is 1.86 bits per heavy atom. The summed E-state index contributed by atoms with van der Waals surface area (Å²) in [4.78, 5) is 29.1. The maximum atomic E-state index is 12.6. The van der Waals surface area contributed by atoms with Crippen LogP contribution in [0, 0.1) is 0 Å². The normalized spacial score (nSPS) is 14.4. The van der Waals surface area contributed by atoms with Gasteiger partial charge in [0.05, 0.1) is 13.2 Å². The molecule has 1 saturated heterocycles. The minimum atomic E-state index is -0.319. The molecule has 2 N–H and O–H groups in total. The van der Waals surface area contributed by atoms with Crippen LogP contribution in [-0.4, -0.2) is 49.9 Å². The Balaban J connectivity index is 1.63. The van der Waals surface area contributed by atoms with Crippen molar-refractivity contribution in [1.29, 1.82) is 0 Å². The van der Waals surface area contributed by atoms with Crippen LogP contribution in [0.25, 0.3) is 0 Å². The van der Waals surface area contributed by atoms with E-state index in [1.165, 1.54) is 6.07 Å². The lowest BCUT2D eigenvalue weighted by Crippen LogP contribution is -2.29. The third-order valence-electron chi connectivity index (χ3n) is 4.63. The number of nitrogens with one attached hydrogen (secondary N) is 2. The molecule has 0 saturated carbocycles. The van der Waals surface area contributed by atoms with E-state index in [9.17, 15) is 9.59 Å². The SMILES string of the molecule is CNC(=O)c1cc(C(=O)NCCCC2OCCCO2)cc(Cc2ccccc2)n1. The van der Waals surface area contributed by atoms with Crippen LogP contribution in [0.2, 0.25) is 0 Å². The Hall–Kier alpha value is -2.77. The van der Waals surface area contributed by atoms with Crippen molar-refractivity contribution in [2.45, 2.75) is 32.0 Å². The number of hydrogen-bond donors (Lipinski definition) is 2. The lowest BCUT2D eigenvalue weighted by molar-refractivity contribution is -0.181. The third kappa shape index (κ3) is 6.37. The van der Waals surface area contributed by atoms with E-state index in [1.807, 2.05) is 30.3 Å². The summed E-state index contributed by atoms with van der Waals surface area (Å²) in [5, 5.41) is 5.47. The monoisotopic (exact) mass is 397 g/mol. The van der Waals surface area contributed by atoms with Gasteiger partial charge in [-0.3, -0.25) is 9.59 Å².